The Balaban J connectivity index is 3.09. The minimum absolute atomic E-state index is 0.0517. The summed E-state index contributed by atoms with van der Waals surface area (Å²) >= 11 is 0. The molecular formula is C13H18O4S. The average Bonchev–Trinajstić information content (AvgIpc) is 2.20. The SMILES string of the molecule is Cc1cc(CCCC(=O)O)c(S(C)(=O)=O)cc1C. The third-order valence-electron chi connectivity index (χ3n) is 2.91. The fourth-order valence-corrected chi connectivity index (χ4v) is 2.85. The topological polar surface area (TPSA) is 71.4 Å². The number of aryl methyl sites for hydroxylation is 3. The Hall–Kier alpha value is -1.36. The number of rotatable bonds is 5. The minimum Gasteiger partial charge on any atom is -0.481 e. The van der Waals surface area contributed by atoms with Gasteiger partial charge < -0.3 is 5.11 Å². The lowest BCUT2D eigenvalue weighted by Crippen LogP contribution is -2.05. The molecule has 4 nitrogen and oxygen atoms in total. The van der Waals surface area contributed by atoms with Gasteiger partial charge in [0.15, 0.2) is 9.84 Å². The molecule has 1 N–H and O–H groups in total. The van der Waals surface area contributed by atoms with E-state index >= 15 is 0 Å². The summed E-state index contributed by atoms with van der Waals surface area (Å²) < 4.78 is 23.4. The second-order valence-corrected chi connectivity index (χ2v) is 6.55. The summed E-state index contributed by atoms with van der Waals surface area (Å²) in [5, 5.41) is 8.60. The molecule has 0 amide bonds. The van der Waals surface area contributed by atoms with E-state index in [2.05, 4.69) is 0 Å². The Morgan fingerprint density at radius 1 is 1.22 bits per heavy atom. The van der Waals surface area contributed by atoms with Gasteiger partial charge >= 0.3 is 5.97 Å². The van der Waals surface area contributed by atoms with Crippen molar-refractivity contribution in [3.63, 3.8) is 0 Å². The van der Waals surface area contributed by atoms with Gasteiger partial charge in [-0.2, -0.15) is 0 Å². The highest BCUT2D eigenvalue weighted by Crippen LogP contribution is 2.22. The van der Waals surface area contributed by atoms with Gasteiger partial charge in [-0.05, 0) is 49.4 Å². The number of benzene rings is 1. The van der Waals surface area contributed by atoms with E-state index in [-0.39, 0.29) is 6.42 Å². The third-order valence-corrected chi connectivity index (χ3v) is 4.09. The van der Waals surface area contributed by atoms with Crippen LogP contribution < -0.4 is 0 Å². The van der Waals surface area contributed by atoms with E-state index in [1.807, 2.05) is 19.9 Å². The largest absolute Gasteiger partial charge is 0.481 e. The summed E-state index contributed by atoms with van der Waals surface area (Å²) in [6, 6.07) is 3.51. The number of sulfone groups is 1. The van der Waals surface area contributed by atoms with E-state index in [0.717, 1.165) is 11.1 Å². The summed E-state index contributed by atoms with van der Waals surface area (Å²) in [5.74, 6) is -0.861. The maximum absolute atomic E-state index is 11.7. The molecule has 0 aliphatic heterocycles. The van der Waals surface area contributed by atoms with Gasteiger partial charge in [0, 0.05) is 12.7 Å². The second kappa shape index (κ2) is 5.52. The standard InChI is InChI=1S/C13H18O4S/c1-9-7-11(5-4-6-13(14)15)12(8-10(9)2)18(3,16)17/h7-8H,4-6H2,1-3H3,(H,14,15). The van der Waals surface area contributed by atoms with E-state index in [4.69, 9.17) is 5.11 Å². The Morgan fingerprint density at radius 2 is 1.78 bits per heavy atom. The van der Waals surface area contributed by atoms with Gasteiger partial charge in [0.1, 0.15) is 0 Å². The summed E-state index contributed by atoms with van der Waals surface area (Å²) in [4.78, 5) is 10.8. The number of carboxylic acids is 1. The van der Waals surface area contributed by atoms with Crippen LogP contribution in [0.25, 0.3) is 0 Å². The smallest absolute Gasteiger partial charge is 0.303 e. The van der Waals surface area contributed by atoms with E-state index in [1.165, 1.54) is 6.26 Å². The first-order valence-electron chi connectivity index (χ1n) is 5.74. The molecule has 5 heteroatoms. The molecule has 0 aliphatic carbocycles. The first-order valence-corrected chi connectivity index (χ1v) is 7.63. The first-order chi connectivity index (χ1) is 8.21. The van der Waals surface area contributed by atoms with Gasteiger partial charge in [-0.15, -0.1) is 0 Å². The molecule has 1 rings (SSSR count). The van der Waals surface area contributed by atoms with Gasteiger partial charge in [-0.3, -0.25) is 4.79 Å². The zero-order chi connectivity index (χ0) is 13.9. The molecule has 18 heavy (non-hydrogen) atoms. The summed E-state index contributed by atoms with van der Waals surface area (Å²) in [6.45, 7) is 3.78. The Morgan fingerprint density at radius 3 is 2.28 bits per heavy atom. The monoisotopic (exact) mass is 270 g/mol. The van der Waals surface area contributed by atoms with Crippen molar-refractivity contribution in [1.82, 2.24) is 0 Å². The van der Waals surface area contributed by atoms with Crippen LogP contribution in [0.3, 0.4) is 0 Å². The van der Waals surface area contributed by atoms with Crippen molar-refractivity contribution in [3.05, 3.63) is 28.8 Å². The predicted octanol–water partition coefficient (Wildman–Crippen LogP) is 2.11. The molecule has 0 saturated carbocycles. The van der Waals surface area contributed by atoms with Crippen molar-refractivity contribution in [2.75, 3.05) is 6.26 Å². The Bertz CT molecular complexity index is 559. The third kappa shape index (κ3) is 3.84. The molecule has 0 atom stereocenters. The molecule has 0 saturated heterocycles. The van der Waals surface area contributed by atoms with Crippen LogP contribution in [0.2, 0.25) is 0 Å². The number of carboxylic acid groups (broad SMARTS) is 1. The van der Waals surface area contributed by atoms with Crippen molar-refractivity contribution in [2.24, 2.45) is 0 Å². The van der Waals surface area contributed by atoms with Gasteiger partial charge in [-0.25, -0.2) is 8.42 Å². The van der Waals surface area contributed by atoms with Gasteiger partial charge in [0.2, 0.25) is 0 Å². The lowest BCUT2D eigenvalue weighted by atomic mass is 10.0. The van der Waals surface area contributed by atoms with Crippen LogP contribution >= 0.6 is 0 Å². The lowest BCUT2D eigenvalue weighted by molar-refractivity contribution is -0.137. The van der Waals surface area contributed by atoms with Crippen molar-refractivity contribution in [3.8, 4) is 0 Å². The second-order valence-electron chi connectivity index (χ2n) is 4.56. The fraction of sp³-hybridized carbons (Fsp3) is 0.462. The maximum atomic E-state index is 11.7. The van der Waals surface area contributed by atoms with Crippen LogP contribution in [0.4, 0.5) is 0 Å². The quantitative estimate of drug-likeness (QED) is 0.889. The predicted molar refractivity (Wildman–Crippen MR) is 69.6 cm³/mol. The van der Waals surface area contributed by atoms with Gasteiger partial charge in [-0.1, -0.05) is 6.07 Å². The number of hydrogen-bond donors (Lipinski definition) is 1. The molecule has 0 fully saturated rings. The number of carbonyl (C=O) groups is 1. The van der Waals surface area contributed by atoms with E-state index < -0.39 is 15.8 Å². The molecule has 0 spiro atoms. The zero-order valence-electron chi connectivity index (χ0n) is 10.9. The van der Waals surface area contributed by atoms with Crippen molar-refractivity contribution in [2.45, 2.75) is 38.0 Å². The fourth-order valence-electron chi connectivity index (χ4n) is 1.82. The molecular weight excluding hydrogens is 252 g/mol. The highest BCUT2D eigenvalue weighted by atomic mass is 32.2. The molecule has 100 valence electrons. The maximum Gasteiger partial charge on any atom is 0.303 e. The van der Waals surface area contributed by atoms with Gasteiger partial charge in [0.25, 0.3) is 0 Å². The molecule has 0 radical (unpaired) electrons. The molecule has 0 aliphatic rings. The van der Waals surface area contributed by atoms with E-state index in [9.17, 15) is 13.2 Å². The minimum atomic E-state index is -3.27. The Kier molecular flexibility index (Phi) is 4.51. The number of aliphatic carboxylic acids is 1. The average molecular weight is 270 g/mol. The normalized spacial score (nSPS) is 11.5. The van der Waals surface area contributed by atoms with Crippen LogP contribution in [-0.2, 0) is 21.1 Å². The highest BCUT2D eigenvalue weighted by Gasteiger charge is 2.15. The van der Waals surface area contributed by atoms with Crippen LogP contribution in [0.1, 0.15) is 29.5 Å². The summed E-state index contributed by atoms with van der Waals surface area (Å²) in [5.41, 5.74) is 2.66. The number of hydrogen-bond acceptors (Lipinski definition) is 3. The first kappa shape index (κ1) is 14.7. The van der Waals surface area contributed by atoms with Crippen molar-refractivity contribution >= 4 is 15.8 Å². The van der Waals surface area contributed by atoms with Crippen LogP contribution in [0, 0.1) is 13.8 Å². The molecule has 0 unspecified atom stereocenters. The Labute approximate surface area is 108 Å². The van der Waals surface area contributed by atoms with E-state index in [0.29, 0.717) is 23.3 Å². The van der Waals surface area contributed by atoms with E-state index in [1.54, 1.807) is 6.07 Å². The summed E-state index contributed by atoms with van der Waals surface area (Å²) in [6.07, 6.45) is 2.14. The zero-order valence-corrected chi connectivity index (χ0v) is 11.7. The van der Waals surface area contributed by atoms with Crippen LogP contribution in [-0.4, -0.2) is 25.7 Å². The van der Waals surface area contributed by atoms with Crippen LogP contribution in [0.5, 0.6) is 0 Å². The molecule has 1 aromatic rings. The van der Waals surface area contributed by atoms with Crippen LogP contribution in [0.15, 0.2) is 17.0 Å². The lowest BCUT2D eigenvalue weighted by Gasteiger charge is -2.11. The van der Waals surface area contributed by atoms with Gasteiger partial charge in [0.05, 0.1) is 4.90 Å². The van der Waals surface area contributed by atoms with Crippen molar-refractivity contribution < 1.29 is 18.3 Å². The molecule has 1 aromatic carbocycles. The van der Waals surface area contributed by atoms with Crippen molar-refractivity contribution in [1.29, 1.82) is 0 Å². The highest BCUT2D eigenvalue weighted by molar-refractivity contribution is 7.90. The molecule has 0 heterocycles. The summed E-state index contributed by atoms with van der Waals surface area (Å²) in [7, 11) is -3.27. The molecule has 0 bridgehead atoms. The molecule has 0 aromatic heterocycles.